The molecule has 6 nitrogen and oxygen atoms in total. The molecule has 2 aromatic rings. The number of esters is 1. The van der Waals surface area contributed by atoms with Gasteiger partial charge in [0.15, 0.2) is 0 Å². The Balaban J connectivity index is 1.84. The molecule has 2 amide bonds. The van der Waals surface area contributed by atoms with Crippen LogP contribution in [0.2, 0.25) is 0 Å². The molecule has 1 unspecified atom stereocenters. The van der Waals surface area contributed by atoms with E-state index in [9.17, 15) is 18.8 Å². The van der Waals surface area contributed by atoms with Gasteiger partial charge in [0.05, 0.1) is 12.2 Å². The lowest BCUT2D eigenvalue weighted by Gasteiger charge is -2.34. The Labute approximate surface area is 180 Å². The first-order valence-electron chi connectivity index (χ1n) is 10.1. The molecule has 1 heterocycles. The molecule has 0 aliphatic carbocycles. The van der Waals surface area contributed by atoms with Crippen molar-refractivity contribution in [2.75, 3.05) is 13.2 Å². The fourth-order valence-electron chi connectivity index (χ4n) is 3.68. The molecule has 0 spiro atoms. The van der Waals surface area contributed by atoms with E-state index in [1.54, 1.807) is 19.9 Å². The molecule has 3 rings (SSSR count). The molecule has 1 atom stereocenters. The maximum atomic E-state index is 13.8. The predicted octanol–water partition coefficient (Wildman–Crippen LogP) is 3.30. The summed E-state index contributed by atoms with van der Waals surface area (Å²) in [5.41, 5.74) is 2.07. The maximum Gasteiger partial charge on any atom is 0.336 e. The number of allylic oxidation sites excluding steroid dienone is 1. The molecule has 1 N–H and O–H groups in total. The Bertz CT molecular complexity index is 1000. The minimum absolute atomic E-state index is 0.0547. The number of carbonyl (C=O) groups is 3. The zero-order chi connectivity index (χ0) is 22.4. The van der Waals surface area contributed by atoms with Gasteiger partial charge in [-0.25, -0.2) is 9.18 Å². The van der Waals surface area contributed by atoms with E-state index in [-0.39, 0.29) is 37.0 Å². The fourth-order valence-corrected chi connectivity index (χ4v) is 3.68. The van der Waals surface area contributed by atoms with Crippen molar-refractivity contribution in [3.8, 4) is 0 Å². The third-order valence-corrected chi connectivity index (χ3v) is 5.20. The number of benzene rings is 2. The Morgan fingerprint density at radius 1 is 1.16 bits per heavy atom. The number of nitrogens with zero attached hydrogens (tertiary/aromatic N) is 1. The van der Waals surface area contributed by atoms with Gasteiger partial charge in [-0.1, -0.05) is 42.5 Å². The highest BCUT2D eigenvalue weighted by Gasteiger charge is 2.37. The van der Waals surface area contributed by atoms with Gasteiger partial charge >= 0.3 is 5.97 Å². The molecule has 0 bridgehead atoms. The summed E-state index contributed by atoms with van der Waals surface area (Å²) < 4.78 is 19.0. The van der Waals surface area contributed by atoms with Crippen molar-refractivity contribution in [3.05, 3.63) is 82.8 Å². The van der Waals surface area contributed by atoms with Crippen molar-refractivity contribution in [1.29, 1.82) is 0 Å². The van der Waals surface area contributed by atoms with Crippen LogP contribution in [0.4, 0.5) is 4.39 Å². The monoisotopic (exact) mass is 424 g/mol. The van der Waals surface area contributed by atoms with Gasteiger partial charge in [0.25, 0.3) is 0 Å². The van der Waals surface area contributed by atoms with Gasteiger partial charge in [-0.05, 0) is 37.1 Å². The molecule has 2 aromatic carbocycles. The Morgan fingerprint density at radius 2 is 1.90 bits per heavy atom. The number of rotatable bonds is 7. The van der Waals surface area contributed by atoms with E-state index in [4.69, 9.17) is 4.74 Å². The van der Waals surface area contributed by atoms with Crippen LogP contribution in [0.5, 0.6) is 0 Å². The SMILES string of the molecule is CCOC(=O)C1=C(C)N(CC(=O)NCc2ccccc2)C(=O)CC1c1cccc(F)c1. The van der Waals surface area contributed by atoms with Crippen LogP contribution in [0, 0.1) is 5.82 Å². The summed E-state index contributed by atoms with van der Waals surface area (Å²) in [5, 5.41) is 2.79. The van der Waals surface area contributed by atoms with Crippen molar-refractivity contribution in [1.82, 2.24) is 10.2 Å². The smallest absolute Gasteiger partial charge is 0.336 e. The van der Waals surface area contributed by atoms with E-state index in [1.165, 1.54) is 23.1 Å². The highest BCUT2D eigenvalue weighted by Crippen LogP contribution is 2.37. The molecule has 0 radical (unpaired) electrons. The Hall–Kier alpha value is -3.48. The van der Waals surface area contributed by atoms with E-state index in [1.807, 2.05) is 30.3 Å². The normalized spacial score (nSPS) is 16.3. The minimum atomic E-state index is -0.633. The van der Waals surface area contributed by atoms with Gasteiger partial charge in [-0.2, -0.15) is 0 Å². The van der Waals surface area contributed by atoms with Crippen LogP contribution in [0.1, 0.15) is 37.3 Å². The molecule has 0 fully saturated rings. The van der Waals surface area contributed by atoms with Gasteiger partial charge in [0, 0.05) is 24.6 Å². The average Bonchev–Trinajstić information content (AvgIpc) is 2.75. The van der Waals surface area contributed by atoms with Gasteiger partial charge in [-0.3, -0.25) is 9.59 Å². The number of ether oxygens (including phenoxy) is 1. The molecule has 0 saturated carbocycles. The summed E-state index contributed by atoms with van der Waals surface area (Å²) in [7, 11) is 0. The van der Waals surface area contributed by atoms with E-state index >= 15 is 0 Å². The molecular weight excluding hydrogens is 399 g/mol. The van der Waals surface area contributed by atoms with E-state index in [0.717, 1.165) is 5.56 Å². The lowest BCUT2D eigenvalue weighted by molar-refractivity contribution is -0.141. The number of halogens is 1. The van der Waals surface area contributed by atoms with Crippen molar-refractivity contribution in [3.63, 3.8) is 0 Å². The quantitative estimate of drug-likeness (QED) is 0.692. The van der Waals surface area contributed by atoms with Crippen molar-refractivity contribution >= 4 is 17.8 Å². The predicted molar refractivity (Wildman–Crippen MR) is 113 cm³/mol. The van der Waals surface area contributed by atoms with E-state index in [0.29, 0.717) is 17.8 Å². The number of nitrogens with one attached hydrogen (secondary N) is 1. The summed E-state index contributed by atoms with van der Waals surface area (Å²) in [6.07, 6.45) is -0.0547. The van der Waals surface area contributed by atoms with Crippen LogP contribution in [-0.2, 0) is 25.7 Å². The van der Waals surface area contributed by atoms with Crippen LogP contribution in [0.3, 0.4) is 0 Å². The van der Waals surface area contributed by atoms with Gasteiger partial charge in [0.2, 0.25) is 11.8 Å². The number of amides is 2. The molecule has 31 heavy (non-hydrogen) atoms. The minimum Gasteiger partial charge on any atom is -0.463 e. The lowest BCUT2D eigenvalue weighted by atomic mass is 9.83. The van der Waals surface area contributed by atoms with Gasteiger partial charge in [0.1, 0.15) is 12.4 Å². The van der Waals surface area contributed by atoms with Crippen LogP contribution < -0.4 is 5.32 Å². The Morgan fingerprint density at radius 3 is 2.58 bits per heavy atom. The first kappa shape index (κ1) is 22.2. The lowest BCUT2D eigenvalue weighted by Crippen LogP contribution is -2.44. The highest BCUT2D eigenvalue weighted by atomic mass is 19.1. The first-order valence-corrected chi connectivity index (χ1v) is 10.1. The summed E-state index contributed by atoms with van der Waals surface area (Å²) >= 11 is 0. The molecule has 0 aromatic heterocycles. The van der Waals surface area contributed by atoms with E-state index < -0.39 is 17.7 Å². The van der Waals surface area contributed by atoms with E-state index in [2.05, 4.69) is 5.32 Å². The molecular formula is C24H25FN2O4. The molecule has 1 aliphatic rings. The van der Waals surface area contributed by atoms with Crippen LogP contribution in [0.15, 0.2) is 65.9 Å². The highest BCUT2D eigenvalue weighted by molar-refractivity contribution is 5.97. The topological polar surface area (TPSA) is 75.7 Å². The van der Waals surface area contributed by atoms with Crippen LogP contribution >= 0.6 is 0 Å². The fraction of sp³-hybridized carbons (Fsp3) is 0.292. The molecule has 7 heteroatoms. The molecule has 0 saturated heterocycles. The van der Waals surface area contributed by atoms with Gasteiger partial charge < -0.3 is 15.0 Å². The summed E-state index contributed by atoms with van der Waals surface area (Å²) in [6, 6.07) is 15.2. The van der Waals surface area contributed by atoms with Gasteiger partial charge in [-0.15, -0.1) is 0 Å². The third kappa shape index (κ3) is 5.36. The second kappa shape index (κ2) is 10.0. The summed E-state index contributed by atoms with van der Waals surface area (Å²) in [6.45, 7) is 3.59. The van der Waals surface area contributed by atoms with Crippen molar-refractivity contribution in [2.45, 2.75) is 32.7 Å². The average molecular weight is 424 g/mol. The largest absolute Gasteiger partial charge is 0.463 e. The number of hydrogen-bond acceptors (Lipinski definition) is 4. The van der Waals surface area contributed by atoms with Crippen molar-refractivity contribution in [2.24, 2.45) is 0 Å². The first-order chi connectivity index (χ1) is 14.9. The van der Waals surface area contributed by atoms with Crippen molar-refractivity contribution < 1.29 is 23.5 Å². The number of carbonyl (C=O) groups excluding carboxylic acids is 3. The Kier molecular flexibility index (Phi) is 7.18. The molecule has 162 valence electrons. The standard InChI is InChI=1S/C24H25FN2O4/c1-3-31-24(30)23-16(2)27(15-21(28)26-14-17-8-5-4-6-9-17)22(29)13-20(23)18-10-7-11-19(25)12-18/h4-12,20H,3,13-15H2,1-2H3,(H,26,28). The summed E-state index contributed by atoms with van der Waals surface area (Å²) in [5.74, 6) is -2.31. The zero-order valence-electron chi connectivity index (χ0n) is 17.6. The second-order valence-corrected chi connectivity index (χ2v) is 7.27. The van der Waals surface area contributed by atoms with Crippen LogP contribution in [0.25, 0.3) is 0 Å². The second-order valence-electron chi connectivity index (χ2n) is 7.27. The third-order valence-electron chi connectivity index (χ3n) is 5.20. The van der Waals surface area contributed by atoms with Crippen LogP contribution in [-0.4, -0.2) is 35.8 Å². The summed E-state index contributed by atoms with van der Waals surface area (Å²) in [4.78, 5) is 39.4. The maximum absolute atomic E-state index is 13.8. The zero-order valence-corrected chi connectivity index (χ0v) is 17.6. The molecule has 1 aliphatic heterocycles. The number of hydrogen-bond donors (Lipinski definition) is 1.